The molecule has 2 amide bonds. The van der Waals surface area contributed by atoms with Crippen molar-refractivity contribution in [3.63, 3.8) is 0 Å². The molecule has 164 valence electrons. The van der Waals surface area contributed by atoms with Crippen molar-refractivity contribution < 1.29 is 9.59 Å². The van der Waals surface area contributed by atoms with Gasteiger partial charge in [0.2, 0.25) is 11.8 Å². The molecule has 0 fully saturated rings. The summed E-state index contributed by atoms with van der Waals surface area (Å²) < 4.78 is 0. The molecule has 0 saturated heterocycles. The minimum absolute atomic E-state index is 0.445. The molecule has 0 saturated carbocycles. The Hall–Kier alpha value is -3.75. The third-order valence-corrected chi connectivity index (χ3v) is 8.93. The lowest BCUT2D eigenvalue weighted by Gasteiger charge is -2.40. The molecule has 4 nitrogen and oxygen atoms in total. The maximum absolute atomic E-state index is 12.0. The average Bonchev–Trinajstić information content (AvgIpc) is 2.85. The van der Waals surface area contributed by atoms with Crippen LogP contribution in [-0.2, 0) is 5.16 Å². The topological polar surface area (TPSA) is 86.2 Å². The van der Waals surface area contributed by atoms with Gasteiger partial charge in [-0.05, 0) is 60.8 Å². The number of hydrogen-bond acceptors (Lipinski definition) is 2. The molecule has 0 aliphatic rings. The first-order valence-electron chi connectivity index (χ1n) is 10.6. The second kappa shape index (κ2) is 9.40. The van der Waals surface area contributed by atoms with Gasteiger partial charge in [-0.2, -0.15) is 0 Å². The number of carbonyl (C=O) groups excluding carboxylic acids is 2. The van der Waals surface area contributed by atoms with Crippen LogP contribution in [0.15, 0.2) is 109 Å². The molecule has 0 bridgehead atoms. The van der Waals surface area contributed by atoms with E-state index in [1.165, 1.54) is 10.6 Å². The van der Waals surface area contributed by atoms with E-state index in [4.69, 9.17) is 11.5 Å². The van der Waals surface area contributed by atoms with Gasteiger partial charge in [-0.25, -0.2) is 0 Å². The third-order valence-electron chi connectivity index (χ3n) is 5.89. The summed E-state index contributed by atoms with van der Waals surface area (Å²) in [6, 6.07) is 35.6. The van der Waals surface area contributed by atoms with Crippen LogP contribution in [0.4, 0.5) is 0 Å². The van der Waals surface area contributed by atoms with Gasteiger partial charge in [-0.1, -0.05) is 84.9 Å². The summed E-state index contributed by atoms with van der Waals surface area (Å²) in [7, 11) is -1.02. The van der Waals surface area contributed by atoms with Crippen molar-refractivity contribution >= 4 is 30.3 Å². The van der Waals surface area contributed by atoms with Crippen molar-refractivity contribution in [2.45, 2.75) is 12.1 Å². The van der Waals surface area contributed by atoms with Crippen LogP contribution in [0.2, 0.25) is 0 Å². The number of carbonyl (C=O) groups is 2. The summed E-state index contributed by atoms with van der Waals surface area (Å²) in [6.45, 7) is 2.17. The first kappa shape index (κ1) is 22.4. The second-order valence-corrected chi connectivity index (χ2v) is 10.6. The van der Waals surface area contributed by atoms with Crippen LogP contribution in [0, 0.1) is 0 Å². The first-order valence-corrected chi connectivity index (χ1v) is 12.0. The second-order valence-electron chi connectivity index (χ2n) is 7.97. The Morgan fingerprint density at radius 3 is 1.36 bits per heavy atom. The SMILES string of the molecule is CC(c1cccc(C(N)=O)c1)(c1cccc(C(N)=O)c1)P(c1ccccc1)c1ccccc1. The maximum atomic E-state index is 12.0. The van der Waals surface area contributed by atoms with Crippen LogP contribution < -0.4 is 22.1 Å². The zero-order valence-corrected chi connectivity index (χ0v) is 19.2. The van der Waals surface area contributed by atoms with Crippen LogP contribution in [0.1, 0.15) is 38.8 Å². The summed E-state index contributed by atoms with van der Waals surface area (Å²) >= 11 is 0. The fourth-order valence-electron chi connectivity index (χ4n) is 4.19. The van der Waals surface area contributed by atoms with Crippen LogP contribution in [0.3, 0.4) is 0 Å². The van der Waals surface area contributed by atoms with Crippen LogP contribution in [0.5, 0.6) is 0 Å². The lowest BCUT2D eigenvalue weighted by molar-refractivity contribution is 0.0992. The Morgan fingerprint density at radius 2 is 1.00 bits per heavy atom. The standard InChI is InChI=1S/C28H25N2O2P/c1-28(22-12-8-10-20(18-22)26(29)31,23-13-9-11-21(19-23)27(30)32)33(24-14-4-2-5-15-24)25-16-6-3-7-17-25/h2-19H,1H3,(H2,29,31)(H2,30,32). The molecule has 0 heterocycles. The predicted octanol–water partition coefficient (Wildman–Crippen LogP) is 4.28. The zero-order chi connectivity index (χ0) is 23.4. The molecule has 0 aliphatic carbocycles. The molecule has 0 atom stereocenters. The molecule has 0 unspecified atom stereocenters. The zero-order valence-electron chi connectivity index (χ0n) is 18.3. The number of primary amides is 2. The Morgan fingerprint density at radius 1 is 0.606 bits per heavy atom. The normalized spacial score (nSPS) is 11.3. The van der Waals surface area contributed by atoms with Gasteiger partial charge in [-0.15, -0.1) is 0 Å². The Balaban J connectivity index is 2.06. The van der Waals surface area contributed by atoms with Gasteiger partial charge in [0, 0.05) is 16.3 Å². The van der Waals surface area contributed by atoms with Gasteiger partial charge in [-0.3, -0.25) is 9.59 Å². The number of nitrogens with two attached hydrogens (primary N) is 2. The number of benzene rings is 4. The van der Waals surface area contributed by atoms with Gasteiger partial charge in [0.1, 0.15) is 0 Å². The molecule has 0 radical (unpaired) electrons. The highest BCUT2D eigenvalue weighted by molar-refractivity contribution is 7.74. The van der Waals surface area contributed by atoms with Crippen LogP contribution >= 0.6 is 7.92 Å². The van der Waals surface area contributed by atoms with Gasteiger partial charge in [0.25, 0.3) is 0 Å². The lowest BCUT2D eigenvalue weighted by atomic mass is 9.89. The highest BCUT2D eigenvalue weighted by atomic mass is 31.1. The molecule has 33 heavy (non-hydrogen) atoms. The summed E-state index contributed by atoms with van der Waals surface area (Å²) in [4.78, 5) is 24.1. The Kier molecular flexibility index (Phi) is 6.39. The number of hydrogen-bond donors (Lipinski definition) is 2. The fourth-order valence-corrected chi connectivity index (χ4v) is 7.26. The van der Waals surface area contributed by atoms with E-state index in [1.54, 1.807) is 12.1 Å². The molecule has 0 aliphatic heterocycles. The van der Waals surface area contributed by atoms with Gasteiger partial charge in [0.05, 0.1) is 0 Å². The quantitative estimate of drug-likeness (QED) is 0.410. The molecule has 0 aromatic heterocycles. The fraction of sp³-hybridized carbons (Fsp3) is 0.0714. The van der Waals surface area contributed by atoms with E-state index in [0.717, 1.165) is 11.1 Å². The Labute approximate surface area is 195 Å². The van der Waals surface area contributed by atoms with Crippen molar-refractivity contribution in [1.29, 1.82) is 0 Å². The Bertz CT molecular complexity index is 1190. The first-order chi connectivity index (χ1) is 15.9. The van der Waals surface area contributed by atoms with Crippen molar-refractivity contribution in [2.24, 2.45) is 11.5 Å². The molecular weight excluding hydrogens is 427 g/mol. The highest BCUT2D eigenvalue weighted by Gasteiger charge is 2.40. The molecule has 5 heteroatoms. The minimum Gasteiger partial charge on any atom is -0.366 e. The van der Waals surface area contributed by atoms with Crippen molar-refractivity contribution in [3.05, 3.63) is 131 Å². The van der Waals surface area contributed by atoms with Crippen molar-refractivity contribution in [3.8, 4) is 0 Å². The van der Waals surface area contributed by atoms with Crippen LogP contribution in [0.25, 0.3) is 0 Å². The summed E-state index contributed by atoms with van der Waals surface area (Å²) in [6.07, 6.45) is 0. The van der Waals surface area contributed by atoms with E-state index in [0.29, 0.717) is 11.1 Å². The van der Waals surface area contributed by atoms with E-state index in [1.807, 2.05) is 72.8 Å². The van der Waals surface area contributed by atoms with Gasteiger partial charge < -0.3 is 11.5 Å². The molecular formula is C28H25N2O2P. The maximum Gasteiger partial charge on any atom is 0.248 e. The molecule has 4 aromatic carbocycles. The highest BCUT2D eigenvalue weighted by Crippen LogP contribution is 2.58. The average molecular weight is 452 g/mol. The molecule has 4 rings (SSSR count). The van der Waals surface area contributed by atoms with Crippen molar-refractivity contribution in [1.82, 2.24) is 0 Å². The molecule has 4 aromatic rings. The van der Waals surface area contributed by atoms with Gasteiger partial charge >= 0.3 is 0 Å². The summed E-state index contributed by atoms with van der Waals surface area (Å²) in [5, 5.41) is 1.76. The predicted molar refractivity (Wildman–Crippen MR) is 135 cm³/mol. The van der Waals surface area contributed by atoms with Crippen molar-refractivity contribution in [2.75, 3.05) is 0 Å². The molecule has 4 N–H and O–H groups in total. The van der Waals surface area contributed by atoms with Gasteiger partial charge in [0.15, 0.2) is 0 Å². The number of rotatable bonds is 7. The van der Waals surface area contributed by atoms with E-state index >= 15 is 0 Å². The molecule has 0 spiro atoms. The largest absolute Gasteiger partial charge is 0.366 e. The van der Waals surface area contributed by atoms with E-state index in [9.17, 15) is 9.59 Å². The monoisotopic (exact) mass is 452 g/mol. The summed E-state index contributed by atoms with van der Waals surface area (Å²) in [5.74, 6) is -0.956. The van der Waals surface area contributed by atoms with Crippen LogP contribution in [-0.4, -0.2) is 11.8 Å². The minimum atomic E-state index is -1.02. The number of amides is 2. The van der Waals surface area contributed by atoms with E-state index in [2.05, 4.69) is 31.2 Å². The summed E-state index contributed by atoms with van der Waals surface area (Å²) in [5.41, 5.74) is 14.0. The lowest BCUT2D eigenvalue weighted by Crippen LogP contribution is -2.32. The smallest absolute Gasteiger partial charge is 0.248 e. The third kappa shape index (κ3) is 4.44. The van der Waals surface area contributed by atoms with E-state index in [-0.39, 0.29) is 0 Å². The van der Waals surface area contributed by atoms with E-state index < -0.39 is 24.9 Å².